The van der Waals surface area contributed by atoms with Gasteiger partial charge >= 0.3 is 45.9 Å². The molecule has 20 heteroatoms. The molecule has 0 aromatic heterocycles. The molecule has 0 saturated heterocycles. The number of unbranched alkanes of at least 4 members (excludes halogenated alkanes) is 3. The molecular weight excluding hydrogens is 554 g/mol. The van der Waals surface area contributed by atoms with Crippen molar-refractivity contribution in [2.24, 2.45) is 0 Å². The smallest absolute Gasteiger partial charge is 0.295 e. The minimum atomic E-state index is -6.62. The Morgan fingerprint density at radius 3 is 1.60 bits per heavy atom. The standard InChI is InChI=1S/C11H19F6N.C4HF8NO3S/c1-3-4-5-6-7-18(2)9(11(15,16)17)8-10(12,13)14;5-2(6,3(7,8)9)1(14)13-17(15,16)4(10,11)12/h9H,3-8H2,1-2H3;(H,13,14). The minimum Gasteiger partial charge on any atom is -0.295 e. The van der Waals surface area contributed by atoms with E-state index in [-0.39, 0.29) is 6.54 Å². The Morgan fingerprint density at radius 1 is 0.829 bits per heavy atom. The molecule has 0 aliphatic heterocycles. The third-order valence-corrected chi connectivity index (χ3v) is 4.94. The Labute approximate surface area is 189 Å². The number of carbonyl (C=O) groups excluding carboxylic acids is 1. The Morgan fingerprint density at radius 2 is 1.29 bits per heavy atom. The van der Waals surface area contributed by atoms with E-state index in [1.165, 1.54) is 0 Å². The van der Waals surface area contributed by atoms with E-state index in [1.807, 2.05) is 6.92 Å². The average molecular weight is 574 g/mol. The van der Waals surface area contributed by atoms with Gasteiger partial charge in [0.15, 0.2) is 0 Å². The molecule has 0 fully saturated rings. The van der Waals surface area contributed by atoms with Gasteiger partial charge in [-0.05, 0) is 20.0 Å². The van der Waals surface area contributed by atoms with Crippen molar-refractivity contribution in [3.63, 3.8) is 0 Å². The second kappa shape index (κ2) is 12.6. The Kier molecular flexibility index (Phi) is 12.8. The molecule has 1 amide bonds. The summed E-state index contributed by atoms with van der Waals surface area (Å²) in [4.78, 5) is 10.9. The lowest BCUT2D eigenvalue weighted by Crippen LogP contribution is -2.54. The van der Waals surface area contributed by atoms with E-state index in [2.05, 4.69) is 0 Å². The van der Waals surface area contributed by atoms with E-state index in [0.717, 1.165) is 31.2 Å². The molecule has 1 unspecified atom stereocenters. The van der Waals surface area contributed by atoms with Gasteiger partial charge in [-0.3, -0.25) is 9.69 Å². The largest absolute Gasteiger partial charge is 0.516 e. The maximum atomic E-state index is 12.5. The highest BCUT2D eigenvalue weighted by Gasteiger charge is 2.65. The third-order valence-electron chi connectivity index (χ3n) is 3.87. The van der Waals surface area contributed by atoms with Crippen LogP contribution in [0.2, 0.25) is 0 Å². The first kappa shape index (κ1) is 35.6. The third kappa shape index (κ3) is 12.8. The molecular formula is C15H20F14N2O3S. The van der Waals surface area contributed by atoms with Crippen LogP contribution in [0, 0.1) is 0 Å². The van der Waals surface area contributed by atoms with Gasteiger partial charge < -0.3 is 0 Å². The molecule has 0 aromatic carbocycles. The molecule has 0 spiro atoms. The number of amides is 1. The van der Waals surface area contributed by atoms with E-state index in [0.29, 0.717) is 6.42 Å². The molecule has 0 radical (unpaired) electrons. The van der Waals surface area contributed by atoms with E-state index in [9.17, 15) is 74.7 Å². The van der Waals surface area contributed by atoms with Crippen molar-refractivity contribution in [2.45, 2.75) is 75.0 Å². The van der Waals surface area contributed by atoms with Crippen molar-refractivity contribution in [1.82, 2.24) is 9.62 Å². The quantitative estimate of drug-likeness (QED) is 0.291. The van der Waals surface area contributed by atoms with Crippen molar-refractivity contribution >= 4 is 15.9 Å². The molecule has 35 heavy (non-hydrogen) atoms. The van der Waals surface area contributed by atoms with E-state index < -0.39 is 63.1 Å². The van der Waals surface area contributed by atoms with Crippen LogP contribution in [-0.4, -0.2) is 68.8 Å². The predicted molar refractivity (Wildman–Crippen MR) is 91.4 cm³/mol. The fraction of sp³-hybridized carbons (Fsp3) is 0.933. The molecule has 5 nitrogen and oxygen atoms in total. The Hall–Kier alpha value is -1.60. The summed E-state index contributed by atoms with van der Waals surface area (Å²) in [7, 11) is -5.53. The van der Waals surface area contributed by atoms with Gasteiger partial charge in [0.2, 0.25) is 0 Å². The second-order valence-corrected chi connectivity index (χ2v) is 8.54. The number of carbonyl (C=O) groups is 1. The van der Waals surface area contributed by atoms with E-state index >= 15 is 0 Å². The molecule has 0 heterocycles. The summed E-state index contributed by atoms with van der Waals surface area (Å²) < 4.78 is 187. The molecule has 0 saturated carbocycles. The summed E-state index contributed by atoms with van der Waals surface area (Å²) in [6.45, 7) is 1.98. The normalized spacial score (nSPS) is 14.9. The number of nitrogens with zero attached hydrogens (tertiary/aromatic N) is 1. The van der Waals surface area contributed by atoms with Crippen LogP contribution in [0.1, 0.15) is 39.0 Å². The zero-order valence-electron chi connectivity index (χ0n) is 17.7. The molecule has 1 N–H and O–H groups in total. The molecule has 1 atom stereocenters. The number of alkyl halides is 14. The maximum absolute atomic E-state index is 12.5. The Bertz CT molecular complexity index is 757. The number of nitrogens with one attached hydrogen (secondary N) is 1. The minimum absolute atomic E-state index is 0.0280. The van der Waals surface area contributed by atoms with Crippen LogP contribution in [0.3, 0.4) is 0 Å². The van der Waals surface area contributed by atoms with E-state index in [1.54, 1.807) is 0 Å². The van der Waals surface area contributed by atoms with Gasteiger partial charge in [0.25, 0.3) is 0 Å². The first-order chi connectivity index (χ1) is 15.2. The highest BCUT2D eigenvalue weighted by Crippen LogP contribution is 2.36. The molecule has 0 aromatic rings. The topological polar surface area (TPSA) is 66.5 Å². The average Bonchev–Trinajstić information content (AvgIpc) is 2.59. The summed E-state index contributed by atoms with van der Waals surface area (Å²) >= 11 is 0. The number of hydrogen-bond acceptors (Lipinski definition) is 4. The highest BCUT2D eigenvalue weighted by molar-refractivity contribution is 7.90. The van der Waals surface area contributed by atoms with Crippen LogP contribution < -0.4 is 4.72 Å². The van der Waals surface area contributed by atoms with Gasteiger partial charge in [-0.15, -0.1) is 0 Å². The van der Waals surface area contributed by atoms with Gasteiger partial charge in [-0.2, -0.15) is 69.9 Å². The summed E-state index contributed by atoms with van der Waals surface area (Å²) in [5.41, 5.74) is -6.19. The van der Waals surface area contributed by atoms with Crippen LogP contribution in [0.25, 0.3) is 0 Å². The lowest BCUT2D eigenvalue weighted by Gasteiger charge is -2.30. The number of hydrogen-bond donors (Lipinski definition) is 1. The number of sulfonamides is 1. The first-order valence-electron chi connectivity index (χ1n) is 9.12. The fourth-order valence-corrected chi connectivity index (χ4v) is 2.55. The molecule has 0 aliphatic carbocycles. The van der Waals surface area contributed by atoms with Gasteiger partial charge in [0.1, 0.15) is 6.04 Å². The van der Waals surface area contributed by atoms with Crippen LogP contribution in [-0.2, 0) is 14.8 Å². The lowest BCUT2D eigenvalue weighted by molar-refractivity contribution is -0.269. The fourth-order valence-electron chi connectivity index (χ4n) is 2.06. The molecule has 0 aliphatic rings. The zero-order chi connectivity index (χ0) is 28.7. The van der Waals surface area contributed by atoms with Crippen LogP contribution in [0.4, 0.5) is 61.5 Å². The van der Waals surface area contributed by atoms with Crippen molar-refractivity contribution in [2.75, 3.05) is 13.6 Å². The number of rotatable bonds is 9. The Balaban J connectivity index is 0. The van der Waals surface area contributed by atoms with E-state index in [4.69, 9.17) is 0 Å². The van der Waals surface area contributed by atoms with Gasteiger partial charge in [-0.25, -0.2) is 4.72 Å². The van der Waals surface area contributed by atoms with Crippen molar-refractivity contribution in [1.29, 1.82) is 0 Å². The molecule has 0 bridgehead atoms. The number of halogens is 14. The maximum Gasteiger partial charge on any atom is 0.516 e. The van der Waals surface area contributed by atoms with Crippen molar-refractivity contribution in [3.05, 3.63) is 0 Å². The second-order valence-electron chi connectivity index (χ2n) is 6.87. The molecule has 0 rings (SSSR count). The first-order valence-corrected chi connectivity index (χ1v) is 10.6. The summed E-state index contributed by atoms with van der Waals surface area (Å²) in [6, 6.07) is -2.45. The summed E-state index contributed by atoms with van der Waals surface area (Å²) in [5, 5.41) is 0. The summed E-state index contributed by atoms with van der Waals surface area (Å²) in [5.74, 6) is -9.90. The van der Waals surface area contributed by atoms with Crippen LogP contribution in [0.5, 0.6) is 0 Å². The van der Waals surface area contributed by atoms with Crippen molar-refractivity contribution < 1.29 is 74.7 Å². The lowest BCUT2D eigenvalue weighted by atomic mass is 10.1. The van der Waals surface area contributed by atoms with Crippen molar-refractivity contribution in [3.8, 4) is 0 Å². The van der Waals surface area contributed by atoms with Crippen LogP contribution in [0.15, 0.2) is 0 Å². The van der Waals surface area contributed by atoms with Gasteiger partial charge in [0.05, 0.1) is 6.42 Å². The van der Waals surface area contributed by atoms with Gasteiger partial charge in [-0.1, -0.05) is 26.2 Å². The van der Waals surface area contributed by atoms with Crippen LogP contribution >= 0.6 is 0 Å². The summed E-state index contributed by atoms with van der Waals surface area (Å²) in [6.07, 6.45) is -15.0. The monoisotopic (exact) mass is 574 g/mol. The van der Waals surface area contributed by atoms with Gasteiger partial charge in [0, 0.05) is 0 Å². The highest BCUT2D eigenvalue weighted by atomic mass is 32.2. The SMILES string of the molecule is CCCCCCN(C)C(CC(F)(F)F)C(F)(F)F.O=C(NS(=O)(=O)C(F)(F)F)C(F)(F)C(F)(F)F. The zero-order valence-corrected chi connectivity index (χ0v) is 18.5. The predicted octanol–water partition coefficient (Wildman–Crippen LogP) is 5.53. The molecule has 212 valence electrons.